The third-order valence-corrected chi connectivity index (χ3v) is 8.43. The van der Waals surface area contributed by atoms with E-state index in [2.05, 4.69) is 16.0 Å². The third-order valence-electron chi connectivity index (χ3n) is 8.43. The van der Waals surface area contributed by atoms with E-state index in [1.165, 1.54) is 0 Å². The normalized spacial score (nSPS) is 21.1. The average molecular weight is 602 g/mol. The molecule has 9 nitrogen and oxygen atoms in total. The van der Waals surface area contributed by atoms with Gasteiger partial charge in [0, 0.05) is 11.7 Å². The van der Waals surface area contributed by atoms with Gasteiger partial charge in [0.2, 0.25) is 5.91 Å². The first-order valence-corrected chi connectivity index (χ1v) is 15.4. The fourth-order valence-electron chi connectivity index (χ4n) is 6.11. The van der Waals surface area contributed by atoms with Crippen LogP contribution in [0.15, 0.2) is 78.9 Å². The zero-order chi connectivity index (χ0) is 30.9. The Balaban J connectivity index is 1.26. The summed E-state index contributed by atoms with van der Waals surface area (Å²) in [6.45, 7) is 4.98. The number of fused-ring (bicyclic) bond motifs is 1. The topological polar surface area (TPSA) is 118 Å². The predicted molar refractivity (Wildman–Crippen MR) is 168 cm³/mol. The SMILES string of the molecule is Cc1cccc(C)c1NCC(=O)N[C@@H](Cc1ccccc1)C[C@H](O)[C@H](Cc1ccccc1)NC(=O)O[C@H]1COC2OCCC21. The van der Waals surface area contributed by atoms with Crippen molar-refractivity contribution < 1.29 is 28.9 Å². The Morgan fingerprint density at radius 3 is 2.23 bits per heavy atom. The highest BCUT2D eigenvalue weighted by Crippen LogP contribution is 2.33. The van der Waals surface area contributed by atoms with E-state index in [4.69, 9.17) is 14.2 Å². The van der Waals surface area contributed by atoms with Crippen LogP contribution in [0, 0.1) is 19.8 Å². The summed E-state index contributed by atoms with van der Waals surface area (Å²) >= 11 is 0. The second-order valence-electron chi connectivity index (χ2n) is 11.8. The monoisotopic (exact) mass is 601 g/mol. The van der Waals surface area contributed by atoms with E-state index < -0.39 is 24.3 Å². The van der Waals surface area contributed by atoms with Crippen LogP contribution in [-0.2, 0) is 31.8 Å². The molecule has 0 spiro atoms. The maximum absolute atomic E-state index is 13.2. The van der Waals surface area contributed by atoms with E-state index in [0.717, 1.165) is 34.4 Å². The van der Waals surface area contributed by atoms with Gasteiger partial charge in [-0.05, 0) is 61.8 Å². The number of amides is 2. The number of hydrogen-bond acceptors (Lipinski definition) is 7. The molecule has 2 aliphatic rings. The summed E-state index contributed by atoms with van der Waals surface area (Å²) in [7, 11) is 0. The number of alkyl carbamates (subject to hydrolysis) is 1. The zero-order valence-corrected chi connectivity index (χ0v) is 25.4. The van der Waals surface area contributed by atoms with Crippen molar-refractivity contribution in [2.24, 2.45) is 5.92 Å². The number of aryl methyl sites for hydroxylation is 2. The van der Waals surface area contributed by atoms with Crippen molar-refractivity contribution in [2.45, 2.75) is 70.1 Å². The van der Waals surface area contributed by atoms with Crippen LogP contribution in [0.2, 0.25) is 0 Å². The first-order chi connectivity index (χ1) is 21.4. The van der Waals surface area contributed by atoms with Crippen LogP contribution in [-0.4, -0.2) is 67.4 Å². The molecule has 234 valence electrons. The van der Waals surface area contributed by atoms with Crippen molar-refractivity contribution >= 4 is 17.7 Å². The van der Waals surface area contributed by atoms with Crippen molar-refractivity contribution in [3.63, 3.8) is 0 Å². The van der Waals surface area contributed by atoms with E-state index in [9.17, 15) is 14.7 Å². The smallest absolute Gasteiger partial charge is 0.407 e. The Hall–Kier alpha value is -3.92. The number of aliphatic hydroxyl groups is 1. The van der Waals surface area contributed by atoms with Crippen LogP contribution < -0.4 is 16.0 Å². The maximum Gasteiger partial charge on any atom is 0.407 e. The lowest BCUT2D eigenvalue weighted by Crippen LogP contribution is -2.50. The minimum Gasteiger partial charge on any atom is -0.443 e. The molecule has 2 saturated heterocycles. The number of hydrogen-bond donors (Lipinski definition) is 4. The highest BCUT2D eigenvalue weighted by molar-refractivity contribution is 5.81. The van der Waals surface area contributed by atoms with Crippen LogP contribution in [0.1, 0.15) is 35.1 Å². The second kappa shape index (κ2) is 15.2. The fraction of sp³-hybridized carbons (Fsp3) is 0.429. The molecule has 2 amide bonds. The molecule has 0 aliphatic carbocycles. The van der Waals surface area contributed by atoms with Crippen LogP contribution >= 0.6 is 0 Å². The molecule has 2 heterocycles. The number of rotatable bonds is 13. The highest BCUT2D eigenvalue weighted by Gasteiger charge is 2.44. The number of anilines is 1. The lowest BCUT2D eigenvalue weighted by atomic mass is 9.93. The van der Waals surface area contributed by atoms with Gasteiger partial charge in [-0.25, -0.2) is 4.79 Å². The molecule has 2 unspecified atom stereocenters. The lowest BCUT2D eigenvalue weighted by Gasteiger charge is -2.29. The molecule has 2 aliphatic heterocycles. The van der Waals surface area contributed by atoms with Crippen molar-refractivity contribution in [2.75, 3.05) is 25.1 Å². The van der Waals surface area contributed by atoms with Gasteiger partial charge in [0.05, 0.1) is 37.8 Å². The van der Waals surface area contributed by atoms with Crippen molar-refractivity contribution in [3.05, 3.63) is 101 Å². The van der Waals surface area contributed by atoms with Crippen molar-refractivity contribution in [3.8, 4) is 0 Å². The van der Waals surface area contributed by atoms with Gasteiger partial charge < -0.3 is 35.3 Å². The van der Waals surface area contributed by atoms with Crippen LogP contribution in [0.5, 0.6) is 0 Å². The summed E-state index contributed by atoms with van der Waals surface area (Å²) in [6, 6.07) is 24.5. The summed E-state index contributed by atoms with van der Waals surface area (Å²) in [4.78, 5) is 26.3. The number of carbonyl (C=O) groups excluding carboxylic acids is 2. The summed E-state index contributed by atoms with van der Waals surface area (Å²) in [6.07, 6.45) is -0.370. The Morgan fingerprint density at radius 1 is 0.886 bits per heavy atom. The number of para-hydroxylation sites is 1. The number of nitrogens with one attached hydrogen (secondary N) is 3. The van der Waals surface area contributed by atoms with Gasteiger partial charge in [0.15, 0.2) is 6.29 Å². The first-order valence-electron chi connectivity index (χ1n) is 15.4. The lowest BCUT2D eigenvalue weighted by molar-refractivity contribution is -0.120. The first kappa shape index (κ1) is 31.5. The molecule has 0 radical (unpaired) electrons. The summed E-state index contributed by atoms with van der Waals surface area (Å²) in [5, 5.41) is 20.9. The Morgan fingerprint density at radius 2 is 1.55 bits per heavy atom. The molecule has 6 atom stereocenters. The quantitative estimate of drug-likeness (QED) is 0.231. The Bertz CT molecular complexity index is 1350. The van der Waals surface area contributed by atoms with E-state index in [1.54, 1.807) is 0 Å². The van der Waals surface area contributed by atoms with Gasteiger partial charge in [-0.3, -0.25) is 4.79 Å². The van der Waals surface area contributed by atoms with Gasteiger partial charge in [-0.1, -0.05) is 78.9 Å². The molecule has 4 N–H and O–H groups in total. The van der Waals surface area contributed by atoms with Gasteiger partial charge in [0.25, 0.3) is 0 Å². The molecule has 0 saturated carbocycles. The van der Waals surface area contributed by atoms with Gasteiger partial charge in [0.1, 0.15) is 6.10 Å². The molecule has 2 fully saturated rings. The van der Waals surface area contributed by atoms with E-state index in [1.807, 2.05) is 92.7 Å². The number of benzene rings is 3. The highest BCUT2D eigenvalue weighted by atomic mass is 16.7. The van der Waals surface area contributed by atoms with Gasteiger partial charge >= 0.3 is 6.09 Å². The minimum absolute atomic E-state index is 0.0146. The number of aliphatic hydroxyl groups excluding tert-OH is 1. The molecule has 0 bridgehead atoms. The number of carbonyl (C=O) groups is 2. The van der Waals surface area contributed by atoms with Crippen LogP contribution in [0.3, 0.4) is 0 Å². The van der Waals surface area contributed by atoms with E-state index in [-0.39, 0.29) is 43.7 Å². The molecule has 44 heavy (non-hydrogen) atoms. The molecule has 3 aromatic carbocycles. The maximum atomic E-state index is 13.2. The average Bonchev–Trinajstić information content (AvgIpc) is 3.63. The van der Waals surface area contributed by atoms with Crippen molar-refractivity contribution in [1.29, 1.82) is 0 Å². The number of ether oxygens (including phenoxy) is 3. The van der Waals surface area contributed by atoms with E-state index in [0.29, 0.717) is 19.4 Å². The predicted octanol–water partition coefficient (Wildman–Crippen LogP) is 4.29. The van der Waals surface area contributed by atoms with Crippen molar-refractivity contribution in [1.82, 2.24) is 10.6 Å². The zero-order valence-electron chi connectivity index (χ0n) is 25.4. The summed E-state index contributed by atoms with van der Waals surface area (Å²) in [5.41, 5.74) is 5.07. The summed E-state index contributed by atoms with van der Waals surface area (Å²) < 4.78 is 16.9. The second-order valence-corrected chi connectivity index (χ2v) is 11.8. The van der Waals surface area contributed by atoms with Crippen LogP contribution in [0.25, 0.3) is 0 Å². The van der Waals surface area contributed by atoms with Gasteiger partial charge in [-0.2, -0.15) is 0 Å². The molecule has 3 aromatic rings. The molecule has 5 rings (SSSR count). The fourth-order valence-corrected chi connectivity index (χ4v) is 6.11. The Kier molecular flexibility index (Phi) is 10.9. The molecule has 9 heteroatoms. The Labute approximate surface area is 259 Å². The third kappa shape index (κ3) is 8.59. The minimum atomic E-state index is -0.967. The van der Waals surface area contributed by atoms with E-state index >= 15 is 0 Å². The van der Waals surface area contributed by atoms with Gasteiger partial charge in [-0.15, -0.1) is 0 Å². The molecular formula is C35H43N3O6. The standard InChI is InChI=1S/C35H43N3O6/c1-23-10-9-11-24(2)33(23)36-21-32(40)37-27(18-25-12-5-3-6-13-25)20-30(39)29(19-26-14-7-4-8-15-26)38-35(41)44-31-22-43-34-28(31)16-17-42-34/h3-15,27-31,34,36,39H,16-22H2,1-2H3,(H,37,40)(H,38,41)/t27-,28?,29-,30-,31-,34?/m0/s1. The largest absolute Gasteiger partial charge is 0.443 e. The molecular weight excluding hydrogens is 558 g/mol. The summed E-state index contributed by atoms with van der Waals surface area (Å²) in [5.74, 6) is -0.164. The van der Waals surface area contributed by atoms with Crippen LogP contribution in [0.4, 0.5) is 10.5 Å². The molecule has 0 aromatic heterocycles.